The SMILES string of the molecule is COc1ccc(S(=O)(=O)c2ccccc2NCC(=O)N(C)Cc2ccccc2)cc1. The smallest absolute Gasteiger partial charge is 0.241 e. The number of methoxy groups -OCH3 is 1. The van der Waals surface area contributed by atoms with Crippen LogP contribution < -0.4 is 10.1 Å². The van der Waals surface area contributed by atoms with Crippen molar-refractivity contribution in [1.29, 1.82) is 0 Å². The van der Waals surface area contributed by atoms with Crippen LogP contribution in [0.2, 0.25) is 0 Å². The van der Waals surface area contributed by atoms with Gasteiger partial charge < -0.3 is 15.0 Å². The van der Waals surface area contributed by atoms with Gasteiger partial charge in [0.15, 0.2) is 0 Å². The molecule has 0 spiro atoms. The van der Waals surface area contributed by atoms with Crippen molar-refractivity contribution in [2.45, 2.75) is 16.3 Å². The summed E-state index contributed by atoms with van der Waals surface area (Å²) in [5, 5.41) is 2.98. The number of amides is 1. The van der Waals surface area contributed by atoms with E-state index in [9.17, 15) is 13.2 Å². The van der Waals surface area contributed by atoms with Crippen molar-refractivity contribution in [3.05, 3.63) is 84.4 Å². The molecule has 3 aromatic rings. The van der Waals surface area contributed by atoms with Crippen LogP contribution in [0.25, 0.3) is 0 Å². The Morgan fingerprint density at radius 1 is 0.933 bits per heavy atom. The fourth-order valence-electron chi connectivity index (χ4n) is 2.98. The summed E-state index contributed by atoms with van der Waals surface area (Å²) in [6, 6.07) is 22.5. The van der Waals surface area contributed by atoms with Gasteiger partial charge in [0.05, 0.1) is 29.1 Å². The van der Waals surface area contributed by atoms with E-state index >= 15 is 0 Å². The van der Waals surface area contributed by atoms with E-state index in [0.29, 0.717) is 18.0 Å². The van der Waals surface area contributed by atoms with E-state index < -0.39 is 9.84 Å². The minimum absolute atomic E-state index is 0.0154. The Morgan fingerprint density at radius 2 is 1.57 bits per heavy atom. The molecule has 1 amide bonds. The first-order valence-corrected chi connectivity index (χ1v) is 10.9. The number of benzene rings is 3. The van der Waals surface area contributed by atoms with Crippen LogP contribution in [0.15, 0.2) is 88.7 Å². The first-order valence-electron chi connectivity index (χ1n) is 9.42. The lowest BCUT2D eigenvalue weighted by molar-refractivity contribution is -0.128. The quantitative estimate of drug-likeness (QED) is 0.598. The van der Waals surface area contributed by atoms with Crippen molar-refractivity contribution in [3.63, 3.8) is 0 Å². The van der Waals surface area contributed by atoms with Gasteiger partial charge in [-0.05, 0) is 42.0 Å². The number of hydrogen-bond acceptors (Lipinski definition) is 5. The number of likely N-dealkylation sites (N-methyl/N-ethyl adjacent to an activating group) is 1. The molecule has 0 fully saturated rings. The van der Waals surface area contributed by atoms with Crippen LogP contribution in [-0.2, 0) is 21.2 Å². The average Bonchev–Trinajstić information content (AvgIpc) is 2.78. The van der Waals surface area contributed by atoms with E-state index in [1.165, 1.54) is 25.3 Å². The molecule has 7 heteroatoms. The van der Waals surface area contributed by atoms with Crippen LogP contribution in [-0.4, -0.2) is 39.9 Å². The van der Waals surface area contributed by atoms with E-state index in [1.807, 2.05) is 30.3 Å². The fraction of sp³-hybridized carbons (Fsp3) is 0.174. The minimum Gasteiger partial charge on any atom is -0.497 e. The molecule has 30 heavy (non-hydrogen) atoms. The maximum atomic E-state index is 13.1. The zero-order chi connectivity index (χ0) is 21.6. The number of ether oxygens (including phenoxy) is 1. The van der Waals surface area contributed by atoms with Crippen molar-refractivity contribution in [2.75, 3.05) is 26.0 Å². The number of carbonyl (C=O) groups is 1. The van der Waals surface area contributed by atoms with Crippen LogP contribution in [0.4, 0.5) is 5.69 Å². The van der Waals surface area contributed by atoms with E-state index in [0.717, 1.165) is 5.56 Å². The number of sulfone groups is 1. The first kappa shape index (κ1) is 21.4. The van der Waals surface area contributed by atoms with Gasteiger partial charge in [-0.3, -0.25) is 4.79 Å². The van der Waals surface area contributed by atoms with Gasteiger partial charge >= 0.3 is 0 Å². The third kappa shape index (κ3) is 4.99. The molecule has 0 atom stereocenters. The van der Waals surface area contributed by atoms with Crippen LogP contribution >= 0.6 is 0 Å². The number of nitrogens with zero attached hydrogens (tertiary/aromatic N) is 1. The Bertz CT molecular complexity index is 1100. The Hall–Kier alpha value is -3.32. The number of rotatable bonds is 8. The van der Waals surface area contributed by atoms with Crippen molar-refractivity contribution >= 4 is 21.4 Å². The molecule has 3 rings (SSSR count). The Balaban J connectivity index is 1.74. The zero-order valence-electron chi connectivity index (χ0n) is 16.9. The van der Waals surface area contributed by atoms with E-state index in [4.69, 9.17) is 4.74 Å². The molecular formula is C23H24N2O4S. The van der Waals surface area contributed by atoms with Crippen molar-refractivity contribution in [3.8, 4) is 5.75 Å². The van der Waals surface area contributed by atoms with Crippen molar-refractivity contribution in [2.24, 2.45) is 0 Å². The highest BCUT2D eigenvalue weighted by molar-refractivity contribution is 7.91. The third-order valence-corrected chi connectivity index (χ3v) is 6.49. The lowest BCUT2D eigenvalue weighted by Gasteiger charge is -2.19. The van der Waals surface area contributed by atoms with Gasteiger partial charge in [-0.15, -0.1) is 0 Å². The third-order valence-electron chi connectivity index (χ3n) is 4.66. The maximum Gasteiger partial charge on any atom is 0.241 e. The molecule has 0 bridgehead atoms. The lowest BCUT2D eigenvalue weighted by Crippen LogP contribution is -2.32. The number of nitrogens with one attached hydrogen (secondary N) is 1. The van der Waals surface area contributed by atoms with Gasteiger partial charge in [-0.1, -0.05) is 42.5 Å². The summed E-state index contributed by atoms with van der Waals surface area (Å²) in [5.74, 6) is 0.433. The van der Waals surface area contributed by atoms with E-state index in [-0.39, 0.29) is 22.2 Å². The molecule has 1 N–H and O–H groups in total. The summed E-state index contributed by atoms with van der Waals surface area (Å²) in [4.78, 5) is 14.4. The standard InChI is InChI=1S/C23H24N2O4S/c1-25(17-18-8-4-3-5-9-18)23(26)16-24-21-10-6-7-11-22(21)30(27,28)20-14-12-19(29-2)13-15-20/h3-15,24H,16-17H2,1-2H3. The first-order chi connectivity index (χ1) is 14.4. The highest BCUT2D eigenvalue weighted by Gasteiger charge is 2.21. The van der Waals surface area contributed by atoms with Gasteiger partial charge in [0.2, 0.25) is 15.7 Å². The van der Waals surface area contributed by atoms with Gasteiger partial charge in [-0.2, -0.15) is 0 Å². The maximum absolute atomic E-state index is 13.1. The Morgan fingerprint density at radius 3 is 2.23 bits per heavy atom. The summed E-state index contributed by atoms with van der Waals surface area (Å²) in [5.41, 5.74) is 1.41. The second-order valence-electron chi connectivity index (χ2n) is 6.76. The van der Waals surface area contributed by atoms with E-state index in [2.05, 4.69) is 5.32 Å². The van der Waals surface area contributed by atoms with E-state index in [1.54, 1.807) is 42.3 Å². The van der Waals surface area contributed by atoms with Crippen LogP contribution in [0.1, 0.15) is 5.56 Å². The lowest BCUT2D eigenvalue weighted by atomic mass is 10.2. The summed E-state index contributed by atoms with van der Waals surface area (Å²) in [7, 11) is -0.513. The fourth-order valence-corrected chi connectivity index (χ4v) is 4.42. The molecule has 0 aliphatic rings. The molecule has 0 aliphatic carbocycles. The molecule has 0 aliphatic heterocycles. The number of carbonyl (C=O) groups excluding carboxylic acids is 1. The molecule has 0 radical (unpaired) electrons. The van der Waals surface area contributed by atoms with Gasteiger partial charge in [0, 0.05) is 13.6 Å². The second-order valence-corrected chi connectivity index (χ2v) is 8.68. The summed E-state index contributed by atoms with van der Waals surface area (Å²) < 4.78 is 31.3. The molecule has 3 aromatic carbocycles. The molecule has 0 unspecified atom stereocenters. The second kappa shape index (κ2) is 9.45. The monoisotopic (exact) mass is 424 g/mol. The predicted octanol–water partition coefficient (Wildman–Crippen LogP) is 3.60. The number of hydrogen-bond donors (Lipinski definition) is 1. The van der Waals surface area contributed by atoms with Crippen molar-refractivity contribution in [1.82, 2.24) is 4.90 Å². The molecule has 6 nitrogen and oxygen atoms in total. The van der Waals surface area contributed by atoms with Crippen LogP contribution in [0, 0.1) is 0 Å². The molecule has 0 aromatic heterocycles. The minimum atomic E-state index is -3.75. The normalized spacial score (nSPS) is 11.0. The molecule has 0 saturated heterocycles. The Kier molecular flexibility index (Phi) is 6.74. The van der Waals surface area contributed by atoms with Gasteiger partial charge in [0.25, 0.3) is 0 Å². The Labute approximate surface area is 177 Å². The summed E-state index contributed by atoms with van der Waals surface area (Å²) >= 11 is 0. The average molecular weight is 425 g/mol. The van der Waals surface area contributed by atoms with Gasteiger partial charge in [-0.25, -0.2) is 8.42 Å². The summed E-state index contributed by atoms with van der Waals surface area (Å²) in [6.45, 7) is 0.464. The highest BCUT2D eigenvalue weighted by atomic mass is 32.2. The number of para-hydroxylation sites is 1. The highest BCUT2D eigenvalue weighted by Crippen LogP contribution is 2.28. The molecule has 0 heterocycles. The zero-order valence-corrected chi connectivity index (χ0v) is 17.7. The largest absolute Gasteiger partial charge is 0.497 e. The van der Waals surface area contributed by atoms with Crippen LogP contribution in [0.5, 0.6) is 5.75 Å². The molecule has 0 saturated carbocycles. The molecule has 156 valence electrons. The van der Waals surface area contributed by atoms with Crippen LogP contribution in [0.3, 0.4) is 0 Å². The van der Waals surface area contributed by atoms with Crippen molar-refractivity contribution < 1.29 is 17.9 Å². The molecular weight excluding hydrogens is 400 g/mol. The predicted molar refractivity (Wildman–Crippen MR) is 116 cm³/mol. The summed E-state index contributed by atoms with van der Waals surface area (Å²) in [6.07, 6.45) is 0. The van der Waals surface area contributed by atoms with Gasteiger partial charge in [0.1, 0.15) is 5.75 Å². The number of anilines is 1. The topological polar surface area (TPSA) is 75.7 Å².